The number of hydrogen-bond donors (Lipinski definition) is 1. The number of hydrogen-bond acceptors (Lipinski definition) is 4. The van der Waals surface area contributed by atoms with Crippen molar-refractivity contribution in [3.8, 4) is 0 Å². The van der Waals surface area contributed by atoms with Gasteiger partial charge in [-0.1, -0.05) is 23.7 Å². The highest BCUT2D eigenvalue weighted by Gasteiger charge is 2.31. The largest absolute Gasteiger partial charge is 0.467 e. The van der Waals surface area contributed by atoms with Crippen LogP contribution in [-0.4, -0.2) is 42.3 Å². The average Bonchev–Trinajstić information content (AvgIpc) is 2.53. The van der Waals surface area contributed by atoms with Gasteiger partial charge in [-0.15, -0.1) is 0 Å². The van der Waals surface area contributed by atoms with E-state index in [0.29, 0.717) is 0 Å². The highest BCUT2D eigenvalue weighted by Crippen LogP contribution is 2.29. The molecule has 0 amide bonds. The van der Waals surface area contributed by atoms with E-state index in [0.717, 1.165) is 31.0 Å². The molecule has 1 aliphatic heterocycles. The van der Waals surface area contributed by atoms with Crippen molar-refractivity contribution in [1.82, 2.24) is 4.90 Å². The third-order valence-corrected chi connectivity index (χ3v) is 4.58. The Kier molecular flexibility index (Phi) is 5.62. The van der Waals surface area contributed by atoms with Crippen molar-refractivity contribution in [2.45, 2.75) is 31.9 Å². The van der Waals surface area contributed by atoms with Gasteiger partial charge < -0.3 is 9.84 Å². The Bertz CT molecular complexity index is 486. The Morgan fingerprint density at radius 1 is 1.43 bits per heavy atom. The van der Waals surface area contributed by atoms with Gasteiger partial charge in [-0.3, -0.25) is 4.90 Å². The predicted octanol–water partition coefficient (Wildman–Crippen LogP) is 2.65. The van der Waals surface area contributed by atoms with Gasteiger partial charge in [0.2, 0.25) is 0 Å². The molecule has 0 aromatic heterocycles. The Morgan fingerprint density at radius 2 is 2.10 bits per heavy atom. The number of aliphatic hydroxyl groups is 1. The molecule has 0 radical (unpaired) electrons. The molecule has 1 fully saturated rings. The number of ether oxygens (including phenoxy) is 1. The van der Waals surface area contributed by atoms with Gasteiger partial charge in [-0.25, -0.2) is 4.79 Å². The first-order valence-corrected chi connectivity index (χ1v) is 7.66. The maximum absolute atomic E-state index is 11.4. The number of nitrogens with zero attached hydrogens (tertiary/aromatic N) is 1. The van der Waals surface area contributed by atoms with Crippen LogP contribution in [-0.2, 0) is 9.53 Å². The van der Waals surface area contributed by atoms with Crippen LogP contribution in [0.2, 0.25) is 5.02 Å². The van der Waals surface area contributed by atoms with Crippen molar-refractivity contribution in [2.75, 3.05) is 20.2 Å². The second-order valence-corrected chi connectivity index (χ2v) is 6.01. The van der Waals surface area contributed by atoms with E-state index in [1.807, 2.05) is 18.2 Å². The highest BCUT2D eigenvalue weighted by molar-refractivity contribution is 6.30. The fourth-order valence-corrected chi connectivity index (χ4v) is 3.11. The van der Waals surface area contributed by atoms with E-state index < -0.39 is 12.1 Å². The quantitative estimate of drug-likeness (QED) is 0.869. The van der Waals surface area contributed by atoms with Gasteiger partial charge in [0.1, 0.15) is 0 Å². The first-order chi connectivity index (χ1) is 10.0. The standard InChI is InChI=1S/C16H22ClNO3/c1-11(13-4-3-5-14(17)10-13)18-8-6-12(7-9-18)15(19)16(20)21-2/h3-5,10-12,15,19H,6-9H2,1-2H3. The molecule has 0 saturated carbocycles. The van der Waals surface area contributed by atoms with E-state index in [9.17, 15) is 9.90 Å². The third kappa shape index (κ3) is 3.96. The van der Waals surface area contributed by atoms with Gasteiger partial charge in [-0.05, 0) is 56.5 Å². The molecule has 1 heterocycles. The minimum atomic E-state index is -1.00. The molecule has 1 saturated heterocycles. The molecule has 1 N–H and O–H groups in total. The molecule has 21 heavy (non-hydrogen) atoms. The van der Waals surface area contributed by atoms with Crippen LogP contribution < -0.4 is 0 Å². The monoisotopic (exact) mass is 311 g/mol. The number of halogens is 1. The molecule has 2 atom stereocenters. The molecule has 0 spiro atoms. The lowest BCUT2D eigenvalue weighted by Crippen LogP contribution is -2.41. The highest BCUT2D eigenvalue weighted by atomic mass is 35.5. The maximum Gasteiger partial charge on any atom is 0.334 e. The molecule has 1 aromatic rings. The second-order valence-electron chi connectivity index (χ2n) is 5.57. The molecule has 4 nitrogen and oxygen atoms in total. The molecule has 2 rings (SSSR count). The van der Waals surface area contributed by atoms with Crippen molar-refractivity contribution in [2.24, 2.45) is 5.92 Å². The summed E-state index contributed by atoms with van der Waals surface area (Å²) in [5.74, 6) is -0.545. The number of benzene rings is 1. The van der Waals surface area contributed by atoms with E-state index in [-0.39, 0.29) is 12.0 Å². The lowest BCUT2D eigenvalue weighted by Gasteiger charge is -2.37. The molecule has 0 bridgehead atoms. The summed E-state index contributed by atoms with van der Waals surface area (Å²) in [6.07, 6.45) is 0.584. The van der Waals surface area contributed by atoms with Crippen LogP contribution in [0.15, 0.2) is 24.3 Å². The molecule has 1 aromatic carbocycles. The summed E-state index contributed by atoms with van der Waals surface area (Å²) in [6.45, 7) is 3.86. The Labute approximate surface area is 130 Å². The topological polar surface area (TPSA) is 49.8 Å². The molecular formula is C16H22ClNO3. The van der Waals surface area contributed by atoms with Gasteiger partial charge in [0, 0.05) is 11.1 Å². The summed E-state index contributed by atoms with van der Waals surface area (Å²) in [4.78, 5) is 13.7. The maximum atomic E-state index is 11.4. The number of esters is 1. The van der Waals surface area contributed by atoms with Crippen molar-refractivity contribution in [3.63, 3.8) is 0 Å². The van der Waals surface area contributed by atoms with Crippen LogP contribution >= 0.6 is 11.6 Å². The van der Waals surface area contributed by atoms with Gasteiger partial charge >= 0.3 is 5.97 Å². The first-order valence-electron chi connectivity index (χ1n) is 7.28. The van der Waals surface area contributed by atoms with E-state index >= 15 is 0 Å². The predicted molar refractivity (Wildman–Crippen MR) is 82.2 cm³/mol. The number of piperidine rings is 1. The number of carbonyl (C=O) groups excluding carboxylic acids is 1. The number of carbonyl (C=O) groups is 1. The molecular weight excluding hydrogens is 290 g/mol. The number of aliphatic hydroxyl groups excluding tert-OH is 1. The van der Waals surface area contributed by atoms with E-state index in [1.54, 1.807) is 0 Å². The third-order valence-electron chi connectivity index (χ3n) is 4.34. The smallest absolute Gasteiger partial charge is 0.334 e. The van der Waals surface area contributed by atoms with Crippen LogP contribution in [0.1, 0.15) is 31.4 Å². The van der Waals surface area contributed by atoms with Gasteiger partial charge in [0.15, 0.2) is 6.10 Å². The molecule has 116 valence electrons. The summed E-state index contributed by atoms with van der Waals surface area (Å²) in [7, 11) is 1.31. The van der Waals surface area contributed by atoms with Crippen LogP contribution in [0.3, 0.4) is 0 Å². The summed E-state index contributed by atoms with van der Waals surface area (Å²) in [6, 6.07) is 8.17. The Morgan fingerprint density at radius 3 is 2.67 bits per heavy atom. The molecule has 2 unspecified atom stereocenters. The van der Waals surface area contributed by atoms with E-state index in [4.69, 9.17) is 11.6 Å². The van der Waals surface area contributed by atoms with Gasteiger partial charge in [0.25, 0.3) is 0 Å². The fraction of sp³-hybridized carbons (Fsp3) is 0.562. The Hall–Kier alpha value is -1.10. The molecule has 1 aliphatic rings. The van der Waals surface area contributed by atoms with Crippen LogP contribution in [0.4, 0.5) is 0 Å². The summed E-state index contributed by atoms with van der Waals surface area (Å²) < 4.78 is 4.60. The van der Waals surface area contributed by atoms with Crippen molar-refractivity contribution in [1.29, 1.82) is 0 Å². The van der Waals surface area contributed by atoms with E-state index in [2.05, 4.69) is 22.6 Å². The zero-order valence-electron chi connectivity index (χ0n) is 12.5. The van der Waals surface area contributed by atoms with Crippen molar-refractivity contribution >= 4 is 17.6 Å². The summed E-state index contributed by atoms with van der Waals surface area (Å²) >= 11 is 6.04. The minimum absolute atomic E-state index is 0.0136. The number of likely N-dealkylation sites (tertiary alicyclic amines) is 1. The van der Waals surface area contributed by atoms with Crippen LogP contribution in [0, 0.1) is 5.92 Å². The zero-order valence-corrected chi connectivity index (χ0v) is 13.2. The molecule has 0 aliphatic carbocycles. The number of rotatable bonds is 4. The first kappa shape index (κ1) is 16.3. The van der Waals surface area contributed by atoms with E-state index in [1.165, 1.54) is 12.7 Å². The van der Waals surface area contributed by atoms with Crippen LogP contribution in [0.5, 0.6) is 0 Å². The normalized spacial score (nSPS) is 20.0. The van der Waals surface area contributed by atoms with Gasteiger partial charge in [-0.2, -0.15) is 0 Å². The number of methoxy groups -OCH3 is 1. The minimum Gasteiger partial charge on any atom is -0.467 e. The summed E-state index contributed by atoms with van der Waals surface area (Å²) in [5, 5.41) is 10.7. The van der Waals surface area contributed by atoms with Crippen molar-refractivity contribution < 1.29 is 14.6 Å². The zero-order chi connectivity index (χ0) is 15.4. The average molecular weight is 312 g/mol. The fourth-order valence-electron chi connectivity index (χ4n) is 2.91. The van der Waals surface area contributed by atoms with Gasteiger partial charge in [0.05, 0.1) is 7.11 Å². The van der Waals surface area contributed by atoms with Crippen LogP contribution in [0.25, 0.3) is 0 Å². The lowest BCUT2D eigenvalue weighted by molar-refractivity contribution is -0.154. The SMILES string of the molecule is COC(=O)C(O)C1CCN(C(C)c2cccc(Cl)c2)CC1. The van der Waals surface area contributed by atoms with Crippen molar-refractivity contribution in [3.05, 3.63) is 34.9 Å². The Balaban J connectivity index is 1.93. The lowest BCUT2D eigenvalue weighted by atomic mass is 9.90. The summed E-state index contributed by atoms with van der Waals surface area (Å²) in [5.41, 5.74) is 1.19. The molecule has 5 heteroatoms. The second kappa shape index (κ2) is 7.25.